The van der Waals surface area contributed by atoms with Crippen LogP contribution in [0.25, 0.3) is 0 Å². The largest absolute Gasteiger partial charge is 0.397 e. The Balaban J connectivity index is 2.30. The van der Waals surface area contributed by atoms with Crippen LogP contribution in [0.4, 0.5) is 11.4 Å². The average Bonchev–Trinajstić information content (AvgIpc) is 2.22. The molecule has 2 N–H and O–H groups in total. The molecule has 3 nitrogen and oxygen atoms in total. The van der Waals surface area contributed by atoms with Crippen molar-refractivity contribution in [1.82, 2.24) is 4.90 Å². The highest BCUT2D eigenvalue weighted by atomic mass is 35.5. The number of benzene rings is 1. The zero-order valence-electron chi connectivity index (χ0n) is 10.7. The Morgan fingerprint density at radius 2 is 2.00 bits per heavy atom. The molecule has 0 amide bonds. The summed E-state index contributed by atoms with van der Waals surface area (Å²) in [5, 5.41) is 0.741. The van der Waals surface area contributed by atoms with Gasteiger partial charge in [-0.25, -0.2) is 0 Å². The molecule has 0 saturated carbocycles. The number of hydrogen-bond acceptors (Lipinski definition) is 3. The van der Waals surface area contributed by atoms with Gasteiger partial charge in [-0.05, 0) is 33.0 Å². The van der Waals surface area contributed by atoms with Crippen molar-refractivity contribution in [3.8, 4) is 0 Å². The minimum atomic E-state index is 0.143. The van der Waals surface area contributed by atoms with Crippen LogP contribution < -0.4 is 10.6 Å². The van der Waals surface area contributed by atoms with E-state index in [2.05, 4.69) is 30.7 Å². The molecule has 0 atom stereocenters. The summed E-state index contributed by atoms with van der Waals surface area (Å²) in [6.07, 6.45) is 0. The molecular formula is C13H20ClN3. The number of hydrogen-bond donors (Lipinski definition) is 1. The Bertz CT molecular complexity index is 397. The van der Waals surface area contributed by atoms with Gasteiger partial charge in [0.2, 0.25) is 0 Å². The van der Waals surface area contributed by atoms with Crippen LogP contribution in [0, 0.1) is 0 Å². The topological polar surface area (TPSA) is 32.5 Å². The Morgan fingerprint density at radius 1 is 1.29 bits per heavy atom. The van der Waals surface area contributed by atoms with E-state index in [1.165, 1.54) is 0 Å². The van der Waals surface area contributed by atoms with Gasteiger partial charge in [0.25, 0.3) is 0 Å². The summed E-state index contributed by atoms with van der Waals surface area (Å²) in [5.74, 6) is 0. The quantitative estimate of drug-likeness (QED) is 0.781. The van der Waals surface area contributed by atoms with Crippen LogP contribution in [0.2, 0.25) is 5.02 Å². The monoisotopic (exact) mass is 253 g/mol. The van der Waals surface area contributed by atoms with Crippen LogP contribution in [0.1, 0.15) is 13.8 Å². The van der Waals surface area contributed by atoms with Crippen molar-refractivity contribution in [2.75, 3.05) is 37.3 Å². The maximum absolute atomic E-state index is 6.26. The average molecular weight is 254 g/mol. The number of nitrogens with zero attached hydrogens (tertiary/aromatic N) is 2. The molecule has 1 fully saturated rings. The lowest BCUT2D eigenvalue weighted by Gasteiger charge is -2.46. The number of rotatable bonds is 1. The SMILES string of the molecule is CN1CCN(c2c(N)cccc2Cl)CC1(C)C. The predicted octanol–water partition coefficient (Wildman–Crippen LogP) is 2.45. The first kappa shape index (κ1) is 12.5. The van der Waals surface area contributed by atoms with E-state index in [4.69, 9.17) is 17.3 Å². The summed E-state index contributed by atoms with van der Waals surface area (Å²) in [6.45, 7) is 7.42. The van der Waals surface area contributed by atoms with Crippen molar-refractivity contribution in [2.24, 2.45) is 0 Å². The highest BCUT2D eigenvalue weighted by molar-refractivity contribution is 6.34. The van der Waals surface area contributed by atoms with Crippen LogP contribution in [0.15, 0.2) is 18.2 Å². The maximum atomic E-state index is 6.26. The van der Waals surface area contributed by atoms with Crippen molar-refractivity contribution >= 4 is 23.0 Å². The van der Waals surface area contributed by atoms with Crippen LogP contribution in [-0.4, -0.2) is 37.1 Å². The summed E-state index contributed by atoms with van der Waals surface area (Å²) in [7, 11) is 2.16. The van der Waals surface area contributed by atoms with Crippen molar-refractivity contribution in [1.29, 1.82) is 0 Å². The summed E-state index contributed by atoms with van der Waals surface area (Å²) < 4.78 is 0. The van der Waals surface area contributed by atoms with Gasteiger partial charge in [0.05, 0.1) is 16.4 Å². The lowest BCUT2D eigenvalue weighted by atomic mass is 9.99. The van der Waals surface area contributed by atoms with E-state index in [1.807, 2.05) is 18.2 Å². The highest BCUT2D eigenvalue weighted by Crippen LogP contribution is 2.34. The van der Waals surface area contributed by atoms with Crippen molar-refractivity contribution in [2.45, 2.75) is 19.4 Å². The first-order chi connectivity index (χ1) is 7.92. The van der Waals surface area contributed by atoms with Gasteiger partial charge in [-0.2, -0.15) is 0 Å². The van der Waals surface area contributed by atoms with E-state index in [1.54, 1.807) is 0 Å². The van der Waals surface area contributed by atoms with E-state index in [0.29, 0.717) is 0 Å². The fourth-order valence-electron chi connectivity index (χ4n) is 2.30. The molecule has 0 spiro atoms. The minimum absolute atomic E-state index is 0.143. The molecule has 4 heteroatoms. The molecule has 1 saturated heterocycles. The van der Waals surface area contributed by atoms with Gasteiger partial charge >= 0.3 is 0 Å². The molecule has 1 aliphatic heterocycles. The van der Waals surface area contributed by atoms with Crippen molar-refractivity contribution in [3.05, 3.63) is 23.2 Å². The number of nitrogens with two attached hydrogens (primary N) is 1. The van der Waals surface area contributed by atoms with Gasteiger partial charge in [-0.15, -0.1) is 0 Å². The lowest BCUT2D eigenvalue weighted by Crippen LogP contribution is -2.57. The first-order valence-electron chi connectivity index (χ1n) is 5.92. The first-order valence-corrected chi connectivity index (χ1v) is 6.30. The third-order valence-corrected chi connectivity index (χ3v) is 3.96. The highest BCUT2D eigenvalue weighted by Gasteiger charge is 2.32. The molecule has 17 heavy (non-hydrogen) atoms. The Kier molecular flexibility index (Phi) is 3.23. The molecule has 1 heterocycles. The number of piperazine rings is 1. The maximum Gasteiger partial charge on any atom is 0.0790 e. The molecule has 0 bridgehead atoms. The van der Waals surface area contributed by atoms with E-state index < -0.39 is 0 Å². The normalized spacial score (nSPS) is 20.6. The van der Waals surface area contributed by atoms with Gasteiger partial charge < -0.3 is 10.6 Å². The summed E-state index contributed by atoms with van der Waals surface area (Å²) in [5.41, 5.74) is 7.92. The molecule has 1 aromatic rings. The van der Waals surface area contributed by atoms with Gasteiger partial charge in [0.15, 0.2) is 0 Å². The predicted molar refractivity (Wildman–Crippen MR) is 74.8 cm³/mol. The fraction of sp³-hybridized carbons (Fsp3) is 0.538. The zero-order valence-corrected chi connectivity index (χ0v) is 11.5. The Morgan fingerprint density at radius 3 is 2.59 bits per heavy atom. The zero-order chi connectivity index (χ0) is 12.6. The summed E-state index contributed by atoms with van der Waals surface area (Å²) >= 11 is 6.26. The number of likely N-dealkylation sites (N-methyl/N-ethyl adjacent to an activating group) is 1. The molecule has 1 aromatic carbocycles. The number of halogens is 1. The van der Waals surface area contributed by atoms with Gasteiger partial charge in [0, 0.05) is 25.2 Å². The second-order valence-electron chi connectivity index (χ2n) is 5.33. The van der Waals surface area contributed by atoms with E-state index in [0.717, 1.165) is 36.0 Å². The van der Waals surface area contributed by atoms with Gasteiger partial charge in [0.1, 0.15) is 0 Å². The third kappa shape index (κ3) is 2.35. The van der Waals surface area contributed by atoms with Gasteiger partial charge in [-0.3, -0.25) is 4.90 Å². The van der Waals surface area contributed by atoms with Crippen molar-refractivity contribution in [3.63, 3.8) is 0 Å². The van der Waals surface area contributed by atoms with Crippen LogP contribution >= 0.6 is 11.6 Å². The molecule has 0 radical (unpaired) electrons. The second-order valence-corrected chi connectivity index (χ2v) is 5.74. The minimum Gasteiger partial charge on any atom is -0.397 e. The molecule has 1 aliphatic rings. The van der Waals surface area contributed by atoms with Crippen molar-refractivity contribution < 1.29 is 0 Å². The molecule has 0 unspecified atom stereocenters. The summed E-state index contributed by atoms with van der Waals surface area (Å²) in [6, 6.07) is 5.70. The Hall–Kier alpha value is -0.930. The lowest BCUT2D eigenvalue weighted by molar-refractivity contribution is 0.139. The molecule has 0 aromatic heterocycles. The standard InChI is InChI=1S/C13H20ClN3/c1-13(2)9-17(8-7-16(13)3)12-10(14)5-4-6-11(12)15/h4-6H,7-9,15H2,1-3H3. The Labute approximate surface area is 108 Å². The van der Waals surface area contributed by atoms with E-state index >= 15 is 0 Å². The van der Waals surface area contributed by atoms with Gasteiger partial charge in [-0.1, -0.05) is 17.7 Å². The van der Waals surface area contributed by atoms with Crippen LogP contribution in [0.5, 0.6) is 0 Å². The molecule has 2 rings (SSSR count). The van der Waals surface area contributed by atoms with Crippen LogP contribution in [0.3, 0.4) is 0 Å². The smallest absolute Gasteiger partial charge is 0.0790 e. The fourth-order valence-corrected chi connectivity index (χ4v) is 2.60. The summed E-state index contributed by atoms with van der Waals surface area (Å²) in [4.78, 5) is 4.66. The molecule has 0 aliphatic carbocycles. The number of para-hydroxylation sites is 1. The van der Waals surface area contributed by atoms with Crippen LogP contribution in [-0.2, 0) is 0 Å². The second kappa shape index (κ2) is 4.39. The number of nitrogen functional groups attached to an aromatic ring is 1. The molecular weight excluding hydrogens is 234 g/mol. The van der Waals surface area contributed by atoms with E-state index in [-0.39, 0.29) is 5.54 Å². The number of anilines is 2. The molecule has 94 valence electrons. The third-order valence-electron chi connectivity index (χ3n) is 3.65. The van der Waals surface area contributed by atoms with E-state index in [9.17, 15) is 0 Å².